The normalized spacial score (nSPS) is 12.2. The van der Waals surface area contributed by atoms with Gasteiger partial charge in [-0.1, -0.05) is 12.1 Å². The van der Waals surface area contributed by atoms with Gasteiger partial charge in [-0.3, -0.25) is 14.5 Å². The lowest BCUT2D eigenvalue weighted by Crippen LogP contribution is -2.36. The van der Waals surface area contributed by atoms with Gasteiger partial charge in [-0.25, -0.2) is 0 Å². The molecule has 0 aliphatic rings. The van der Waals surface area contributed by atoms with Gasteiger partial charge in [0.2, 0.25) is 0 Å². The number of carboxylic acid groups (broad SMARTS) is 2. The van der Waals surface area contributed by atoms with Gasteiger partial charge in [0.05, 0.1) is 20.2 Å². The summed E-state index contributed by atoms with van der Waals surface area (Å²) in [5, 5.41) is 17.6. The minimum Gasteiger partial charge on any atom is -0.497 e. The lowest BCUT2D eigenvalue weighted by Gasteiger charge is -2.26. The van der Waals surface area contributed by atoms with Crippen molar-refractivity contribution in [3.63, 3.8) is 0 Å². The van der Waals surface area contributed by atoms with Crippen molar-refractivity contribution in [2.24, 2.45) is 0 Å². The summed E-state index contributed by atoms with van der Waals surface area (Å²) >= 11 is 0. The zero-order chi connectivity index (χ0) is 14.4. The van der Waals surface area contributed by atoms with Gasteiger partial charge in [0.15, 0.2) is 0 Å². The van der Waals surface area contributed by atoms with Crippen molar-refractivity contribution in [1.29, 1.82) is 0 Å². The van der Waals surface area contributed by atoms with E-state index in [0.29, 0.717) is 5.75 Å². The fourth-order valence-electron chi connectivity index (χ4n) is 1.77. The van der Waals surface area contributed by atoms with Crippen molar-refractivity contribution < 1.29 is 24.5 Å². The van der Waals surface area contributed by atoms with E-state index in [-0.39, 0.29) is 19.1 Å². The van der Waals surface area contributed by atoms with E-state index in [1.165, 1.54) is 4.90 Å². The maximum Gasteiger partial charge on any atom is 0.317 e. The third-order valence-electron chi connectivity index (χ3n) is 2.82. The van der Waals surface area contributed by atoms with E-state index in [9.17, 15) is 9.59 Å². The Morgan fingerprint density at radius 2 is 1.63 bits per heavy atom. The molecule has 6 nitrogen and oxygen atoms in total. The predicted molar refractivity (Wildman–Crippen MR) is 68.3 cm³/mol. The zero-order valence-electron chi connectivity index (χ0n) is 10.9. The van der Waals surface area contributed by atoms with Crippen LogP contribution in [-0.2, 0) is 9.59 Å². The Kier molecular flexibility index (Phi) is 5.32. The minimum atomic E-state index is -1.05. The van der Waals surface area contributed by atoms with Crippen molar-refractivity contribution in [2.45, 2.75) is 13.0 Å². The molecule has 1 atom stereocenters. The maximum atomic E-state index is 10.8. The van der Waals surface area contributed by atoms with Gasteiger partial charge in [-0.15, -0.1) is 0 Å². The average molecular weight is 267 g/mol. The van der Waals surface area contributed by atoms with E-state index in [1.807, 2.05) is 0 Å². The van der Waals surface area contributed by atoms with Crippen LogP contribution >= 0.6 is 0 Å². The summed E-state index contributed by atoms with van der Waals surface area (Å²) in [5.41, 5.74) is 0.836. The van der Waals surface area contributed by atoms with Gasteiger partial charge in [0, 0.05) is 6.04 Å². The number of methoxy groups -OCH3 is 1. The molecule has 2 N–H and O–H groups in total. The molecule has 0 amide bonds. The minimum absolute atomic E-state index is 0.307. The average Bonchev–Trinajstić information content (AvgIpc) is 2.36. The second-order valence-corrected chi connectivity index (χ2v) is 4.14. The summed E-state index contributed by atoms with van der Waals surface area (Å²) in [4.78, 5) is 22.9. The standard InChI is InChI=1S/C13H17NO5/c1-9(10-3-5-11(19-2)6-4-10)14(7-12(15)16)8-13(17)18/h3-6,9H,7-8H2,1-2H3,(H,15,16)(H,17,18)/t9-/m0/s1. The lowest BCUT2D eigenvalue weighted by atomic mass is 10.1. The van der Waals surface area contributed by atoms with Crippen LogP contribution < -0.4 is 4.74 Å². The van der Waals surface area contributed by atoms with Crippen molar-refractivity contribution in [1.82, 2.24) is 4.90 Å². The molecule has 0 aromatic heterocycles. The third-order valence-corrected chi connectivity index (χ3v) is 2.82. The second-order valence-electron chi connectivity index (χ2n) is 4.14. The quantitative estimate of drug-likeness (QED) is 0.772. The summed E-state index contributed by atoms with van der Waals surface area (Å²) in [7, 11) is 1.56. The van der Waals surface area contributed by atoms with Gasteiger partial charge in [0.25, 0.3) is 0 Å². The molecular weight excluding hydrogens is 250 g/mol. The highest BCUT2D eigenvalue weighted by atomic mass is 16.5. The number of benzene rings is 1. The number of rotatable bonds is 7. The van der Waals surface area contributed by atoms with Gasteiger partial charge in [-0.05, 0) is 24.6 Å². The largest absolute Gasteiger partial charge is 0.497 e. The van der Waals surface area contributed by atoms with Crippen LogP contribution in [0, 0.1) is 0 Å². The third kappa shape index (κ3) is 4.59. The molecule has 0 saturated heterocycles. The number of carbonyl (C=O) groups is 2. The number of ether oxygens (including phenoxy) is 1. The molecule has 0 fully saturated rings. The number of hydrogen-bond acceptors (Lipinski definition) is 4. The number of hydrogen-bond donors (Lipinski definition) is 2. The predicted octanol–water partition coefficient (Wildman–Crippen LogP) is 1.23. The molecule has 0 aliphatic heterocycles. The van der Waals surface area contributed by atoms with E-state index in [0.717, 1.165) is 5.56 Å². The number of aliphatic carboxylic acids is 2. The van der Waals surface area contributed by atoms with Gasteiger partial charge >= 0.3 is 11.9 Å². The van der Waals surface area contributed by atoms with Crippen LogP contribution in [0.15, 0.2) is 24.3 Å². The lowest BCUT2D eigenvalue weighted by molar-refractivity contribution is -0.142. The molecule has 0 spiro atoms. The summed E-state index contributed by atoms with van der Waals surface area (Å²) in [5.74, 6) is -1.41. The van der Waals surface area contributed by atoms with Crippen molar-refractivity contribution >= 4 is 11.9 Å². The van der Waals surface area contributed by atoms with Crippen LogP contribution in [0.1, 0.15) is 18.5 Å². The molecule has 6 heteroatoms. The monoisotopic (exact) mass is 267 g/mol. The fraction of sp³-hybridized carbons (Fsp3) is 0.385. The van der Waals surface area contributed by atoms with Crippen LogP contribution in [0.5, 0.6) is 5.75 Å². The van der Waals surface area contributed by atoms with Crippen LogP contribution in [-0.4, -0.2) is 47.3 Å². The molecule has 0 aliphatic carbocycles. The van der Waals surface area contributed by atoms with E-state index >= 15 is 0 Å². The van der Waals surface area contributed by atoms with Gasteiger partial charge in [-0.2, -0.15) is 0 Å². The first-order valence-corrected chi connectivity index (χ1v) is 5.75. The molecular formula is C13H17NO5. The number of nitrogens with zero attached hydrogens (tertiary/aromatic N) is 1. The van der Waals surface area contributed by atoms with Crippen molar-refractivity contribution in [3.05, 3.63) is 29.8 Å². The highest BCUT2D eigenvalue weighted by molar-refractivity contribution is 5.72. The molecule has 0 radical (unpaired) electrons. The Bertz CT molecular complexity index is 427. The highest BCUT2D eigenvalue weighted by Gasteiger charge is 2.20. The molecule has 0 unspecified atom stereocenters. The van der Waals surface area contributed by atoms with Gasteiger partial charge < -0.3 is 14.9 Å². The summed E-state index contributed by atoms with van der Waals surface area (Å²) < 4.78 is 5.04. The van der Waals surface area contributed by atoms with E-state index < -0.39 is 11.9 Å². The highest BCUT2D eigenvalue weighted by Crippen LogP contribution is 2.22. The SMILES string of the molecule is COc1ccc([C@H](C)N(CC(=O)O)CC(=O)O)cc1. The van der Waals surface area contributed by atoms with E-state index in [1.54, 1.807) is 38.3 Å². The van der Waals surface area contributed by atoms with Crippen molar-refractivity contribution in [3.8, 4) is 5.75 Å². The van der Waals surface area contributed by atoms with Gasteiger partial charge in [0.1, 0.15) is 5.75 Å². The second kappa shape index (κ2) is 6.75. The van der Waals surface area contributed by atoms with E-state index in [4.69, 9.17) is 14.9 Å². The molecule has 0 saturated carbocycles. The first kappa shape index (κ1) is 15.0. The molecule has 1 rings (SSSR count). The Balaban J connectivity index is 2.86. The molecule has 1 aromatic carbocycles. The number of carboxylic acids is 2. The smallest absolute Gasteiger partial charge is 0.317 e. The van der Waals surface area contributed by atoms with Crippen LogP contribution in [0.3, 0.4) is 0 Å². The van der Waals surface area contributed by atoms with E-state index in [2.05, 4.69) is 0 Å². The van der Waals surface area contributed by atoms with Crippen LogP contribution in [0.4, 0.5) is 0 Å². The Hall–Kier alpha value is -2.08. The molecule has 104 valence electrons. The zero-order valence-corrected chi connectivity index (χ0v) is 10.9. The fourth-order valence-corrected chi connectivity index (χ4v) is 1.77. The first-order chi connectivity index (χ1) is 8.93. The van der Waals surface area contributed by atoms with Crippen LogP contribution in [0.25, 0.3) is 0 Å². The Morgan fingerprint density at radius 1 is 1.16 bits per heavy atom. The Labute approximate surface area is 111 Å². The van der Waals surface area contributed by atoms with Crippen LogP contribution in [0.2, 0.25) is 0 Å². The summed E-state index contributed by atoms with van der Waals surface area (Å²) in [6, 6.07) is 6.79. The Morgan fingerprint density at radius 3 is 2.00 bits per heavy atom. The topological polar surface area (TPSA) is 87.1 Å². The molecule has 1 aromatic rings. The molecule has 19 heavy (non-hydrogen) atoms. The van der Waals surface area contributed by atoms with Crippen molar-refractivity contribution in [2.75, 3.05) is 20.2 Å². The molecule has 0 heterocycles. The summed E-state index contributed by atoms with van der Waals surface area (Å²) in [6.07, 6.45) is 0. The first-order valence-electron chi connectivity index (χ1n) is 5.75. The summed E-state index contributed by atoms with van der Waals surface area (Å²) in [6.45, 7) is 1.13. The maximum absolute atomic E-state index is 10.8. The molecule has 0 bridgehead atoms.